The first kappa shape index (κ1) is 12.9. The summed E-state index contributed by atoms with van der Waals surface area (Å²) < 4.78 is 1.08. The molecule has 0 heterocycles. The van der Waals surface area contributed by atoms with Crippen molar-refractivity contribution in [3.63, 3.8) is 0 Å². The van der Waals surface area contributed by atoms with Gasteiger partial charge in [0.25, 0.3) is 0 Å². The van der Waals surface area contributed by atoms with Crippen LogP contribution in [0.25, 0.3) is 0 Å². The van der Waals surface area contributed by atoms with Gasteiger partial charge >= 0.3 is 0 Å². The highest BCUT2D eigenvalue weighted by atomic mass is 79.9. The van der Waals surface area contributed by atoms with E-state index in [0.717, 1.165) is 29.0 Å². The van der Waals surface area contributed by atoms with Gasteiger partial charge in [-0.2, -0.15) is 0 Å². The zero-order valence-corrected chi connectivity index (χ0v) is 12.1. The number of aliphatic hydroxyl groups is 1. The number of hydrogen-bond donors (Lipinski definition) is 1. The van der Waals surface area contributed by atoms with Gasteiger partial charge in [-0.05, 0) is 66.2 Å². The molecule has 94 valence electrons. The van der Waals surface area contributed by atoms with E-state index in [1.807, 2.05) is 12.1 Å². The van der Waals surface area contributed by atoms with E-state index in [2.05, 4.69) is 33.8 Å². The van der Waals surface area contributed by atoms with Gasteiger partial charge in [-0.15, -0.1) is 0 Å². The minimum atomic E-state index is -0.404. The van der Waals surface area contributed by atoms with Crippen LogP contribution in [0.1, 0.15) is 38.4 Å². The van der Waals surface area contributed by atoms with Crippen molar-refractivity contribution in [2.75, 3.05) is 18.0 Å². The van der Waals surface area contributed by atoms with E-state index in [9.17, 15) is 5.11 Å². The Morgan fingerprint density at radius 1 is 1.47 bits per heavy atom. The summed E-state index contributed by atoms with van der Waals surface area (Å²) in [5.41, 5.74) is 2.20. The molecule has 2 rings (SSSR count). The van der Waals surface area contributed by atoms with E-state index < -0.39 is 6.10 Å². The summed E-state index contributed by atoms with van der Waals surface area (Å²) in [5, 5.41) is 9.56. The molecule has 0 amide bonds. The van der Waals surface area contributed by atoms with Crippen LogP contribution >= 0.6 is 15.9 Å². The molecule has 1 atom stereocenters. The fourth-order valence-corrected chi connectivity index (χ4v) is 2.70. The first-order chi connectivity index (χ1) is 8.11. The topological polar surface area (TPSA) is 23.5 Å². The second-order valence-corrected chi connectivity index (χ2v) is 5.72. The van der Waals surface area contributed by atoms with Crippen LogP contribution in [0.15, 0.2) is 22.7 Å². The highest BCUT2D eigenvalue weighted by molar-refractivity contribution is 9.10. The summed E-state index contributed by atoms with van der Waals surface area (Å²) in [4.78, 5) is 2.41. The van der Waals surface area contributed by atoms with Crippen molar-refractivity contribution in [2.24, 2.45) is 5.92 Å². The molecule has 3 heteroatoms. The normalized spacial score (nSPS) is 16.9. The Labute approximate surface area is 112 Å². The van der Waals surface area contributed by atoms with Gasteiger partial charge in [0.2, 0.25) is 0 Å². The van der Waals surface area contributed by atoms with Gasteiger partial charge in [0, 0.05) is 17.6 Å². The summed E-state index contributed by atoms with van der Waals surface area (Å²) in [6.07, 6.45) is 2.35. The van der Waals surface area contributed by atoms with Crippen LogP contribution in [-0.2, 0) is 0 Å². The lowest BCUT2D eigenvalue weighted by Crippen LogP contribution is -2.25. The summed E-state index contributed by atoms with van der Waals surface area (Å²) in [5.74, 6) is 0.887. The lowest BCUT2D eigenvalue weighted by atomic mass is 10.1. The van der Waals surface area contributed by atoms with Crippen molar-refractivity contribution in [3.05, 3.63) is 28.2 Å². The smallest absolute Gasteiger partial charge is 0.0762 e. The van der Waals surface area contributed by atoms with Crippen LogP contribution in [0, 0.1) is 5.92 Å². The van der Waals surface area contributed by atoms with Gasteiger partial charge in [0.05, 0.1) is 11.8 Å². The van der Waals surface area contributed by atoms with E-state index in [0.29, 0.717) is 0 Å². The molecule has 1 saturated carbocycles. The fourth-order valence-electron chi connectivity index (χ4n) is 2.05. The second-order valence-electron chi connectivity index (χ2n) is 4.87. The Kier molecular flexibility index (Phi) is 4.10. The summed E-state index contributed by atoms with van der Waals surface area (Å²) in [7, 11) is 0. The molecule has 1 N–H and O–H groups in total. The van der Waals surface area contributed by atoms with Crippen LogP contribution in [0.4, 0.5) is 5.69 Å². The molecule has 0 bridgehead atoms. The third kappa shape index (κ3) is 3.23. The highest BCUT2D eigenvalue weighted by Crippen LogP contribution is 2.34. The molecule has 0 aromatic heterocycles. The first-order valence-electron chi connectivity index (χ1n) is 6.34. The molecule has 2 nitrogen and oxygen atoms in total. The molecular formula is C14H20BrNO. The minimum Gasteiger partial charge on any atom is -0.389 e. The molecule has 17 heavy (non-hydrogen) atoms. The summed E-state index contributed by atoms with van der Waals surface area (Å²) in [6, 6.07) is 6.15. The van der Waals surface area contributed by atoms with Gasteiger partial charge in [-0.3, -0.25) is 0 Å². The molecule has 0 radical (unpaired) electrons. The highest BCUT2D eigenvalue weighted by Gasteiger charge is 2.24. The van der Waals surface area contributed by atoms with E-state index >= 15 is 0 Å². The number of hydrogen-bond acceptors (Lipinski definition) is 2. The Bertz CT molecular complexity index is 388. The minimum absolute atomic E-state index is 0.404. The van der Waals surface area contributed by atoms with Gasteiger partial charge in [-0.25, -0.2) is 0 Å². The molecule has 0 aliphatic heterocycles. The van der Waals surface area contributed by atoms with Crippen LogP contribution in [0.5, 0.6) is 0 Å². The van der Waals surface area contributed by atoms with Crippen LogP contribution < -0.4 is 4.90 Å². The molecule has 0 spiro atoms. The molecule has 1 aromatic carbocycles. The van der Waals surface area contributed by atoms with E-state index in [4.69, 9.17) is 0 Å². The number of benzene rings is 1. The van der Waals surface area contributed by atoms with E-state index in [1.54, 1.807) is 6.92 Å². The Balaban J connectivity index is 2.17. The molecule has 1 aliphatic carbocycles. The van der Waals surface area contributed by atoms with Gasteiger partial charge in [0.15, 0.2) is 0 Å². The molecule has 1 aromatic rings. The maximum atomic E-state index is 9.56. The molecule has 1 aliphatic rings. The fraction of sp³-hybridized carbons (Fsp3) is 0.571. The zero-order chi connectivity index (χ0) is 12.4. The molecule has 1 fully saturated rings. The van der Waals surface area contributed by atoms with Crippen molar-refractivity contribution < 1.29 is 5.11 Å². The lowest BCUT2D eigenvalue weighted by molar-refractivity contribution is 0.199. The molecular weight excluding hydrogens is 278 g/mol. The Hall–Kier alpha value is -0.540. The monoisotopic (exact) mass is 297 g/mol. The van der Waals surface area contributed by atoms with Crippen molar-refractivity contribution in [1.29, 1.82) is 0 Å². The van der Waals surface area contributed by atoms with Crippen molar-refractivity contribution >= 4 is 21.6 Å². The second kappa shape index (κ2) is 5.40. The average Bonchev–Trinajstić information content (AvgIpc) is 3.10. The quantitative estimate of drug-likeness (QED) is 0.895. The lowest BCUT2D eigenvalue weighted by Gasteiger charge is -2.25. The Morgan fingerprint density at radius 2 is 2.18 bits per heavy atom. The van der Waals surface area contributed by atoms with Gasteiger partial charge < -0.3 is 10.0 Å². The maximum absolute atomic E-state index is 9.56. The van der Waals surface area contributed by atoms with Crippen LogP contribution in [-0.4, -0.2) is 18.2 Å². The predicted molar refractivity (Wildman–Crippen MR) is 75.4 cm³/mol. The number of aliphatic hydroxyl groups excluding tert-OH is 1. The van der Waals surface area contributed by atoms with E-state index in [1.165, 1.54) is 18.5 Å². The summed E-state index contributed by atoms with van der Waals surface area (Å²) in [6.45, 7) is 6.17. The van der Waals surface area contributed by atoms with Crippen molar-refractivity contribution in [2.45, 2.75) is 32.8 Å². The van der Waals surface area contributed by atoms with Gasteiger partial charge in [0.1, 0.15) is 0 Å². The average molecular weight is 298 g/mol. The van der Waals surface area contributed by atoms with Crippen molar-refractivity contribution in [1.82, 2.24) is 0 Å². The molecule has 0 saturated heterocycles. The Morgan fingerprint density at radius 3 is 2.65 bits per heavy atom. The number of nitrogens with zero attached hydrogens (tertiary/aromatic N) is 1. The van der Waals surface area contributed by atoms with E-state index in [-0.39, 0.29) is 0 Å². The standard InChI is InChI=1S/C14H20BrNO/c1-3-16(9-11-4-5-11)14-7-6-12(10(2)17)8-13(14)15/h6-8,10-11,17H,3-5,9H2,1-2H3/t10-/m0/s1. The molecule has 0 unspecified atom stereocenters. The van der Waals surface area contributed by atoms with Crippen LogP contribution in [0.3, 0.4) is 0 Å². The zero-order valence-electron chi connectivity index (χ0n) is 10.5. The number of rotatable bonds is 5. The largest absolute Gasteiger partial charge is 0.389 e. The van der Waals surface area contributed by atoms with Gasteiger partial charge in [-0.1, -0.05) is 6.07 Å². The predicted octanol–water partition coefficient (Wildman–Crippen LogP) is 3.74. The van der Waals surface area contributed by atoms with Crippen molar-refractivity contribution in [3.8, 4) is 0 Å². The SMILES string of the molecule is CCN(CC1CC1)c1ccc([C@H](C)O)cc1Br. The third-order valence-corrected chi connectivity index (χ3v) is 3.99. The third-order valence-electron chi connectivity index (χ3n) is 3.35. The number of anilines is 1. The first-order valence-corrected chi connectivity index (χ1v) is 7.13. The maximum Gasteiger partial charge on any atom is 0.0762 e. The van der Waals surface area contributed by atoms with Crippen LogP contribution in [0.2, 0.25) is 0 Å². The summed E-state index contributed by atoms with van der Waals surface area (Å²) >= 11 is 3.61. The number of halogens is 1.